The van der Waals surface area contributed by atoms with E-state index in [4.69, 9.17) is 5.26 Å². The molecule has 0 saturated heterocycles. The molecule has 0 atom stereocenters. The molecule has 84 valence electrons. The minimum absolute atomic E-state index is 0.179. The summed E-state index contributed by atoms with van der Waals surface area (Å²) in [5.74, 6) is 0. The number of nitrogens with zero attached hydrogens (tertiary/aromatic N) is 2. The number of pyridine rings is 1. The van der Waals surface area contributed by atoms with E-state index in [0.717, 1.165) is 9.13 Å². The summed E-state index contributed by atoms with van der Waals surface area (Å²) in [5, 5.41) is 8.78. The van der Waals surface area contributed by atoms with Crippen LogP contribution in [0.4, 0.5) is 0 Å². The lowest BCUT2D eigenvalue weighted by molar-refractivity contribution is 0.756. The van der Waals surface area contributed by atoms with Crippen LogP contribution in [0.15, 0.2) is 47.4 Å². The normalized spacial score (nSPS) is 9.88. The van der Waals surface area contributed by atoms with Crippen LogP contribution in [0.1, 0.15) is 11.1 Å². The number of rotatable bonds is 2. The second-order valence-electron chi connectivity index (χ2n) is 3.59. The van der Waals surface area contributed by atoms with Crippen molar-refractivity contribution in [2.45, 2.75) is 6.54 Å². The number of halogens is 1. The van der Waals surface area contributed by atoms with Gasteiger partial charge in [-0.05, 0) is 52.4 Å². The Hall–Kier alpha value is -1.61. The van der Waals surface area contributed by atoms with Gasteiger partial charge in [-0.1, -0.05) is 12.1 Å². The van der Waals surface area contributed by atoms with Crippen LogP contribution < -0.4 is 5.56 Å². The average Bonchev–Trinajstić information content (AvgIpc) is 2.35. The van der Waals surface area contributed by atoms with Gasteiger partial charge in [-0.15, -0.1) is 0 Å². The van der Waals surface area contributed by atoms with Crippen LogP contribution in [0, 0.1) is 14.9 Å². The van der Waals surface area contributed by atoms with Gasteiger partial charge in [0.1, 0.15) is 11.6 Å². The summed E-state index contributed by atoms with van der Waals surface area (Å²) < 4.78 is 2.70. The Morgan fingerprint density at radius 1 is 1.24 bits per heavy atom. The molecule has 1 aromatic heterocycles. The molecule has 4 heteroatoms. The Bertz CT molecular complexity index is 623. The van der Waals surface area contributed by atoms with Crippen LogP contribution in [0.5, 0.6) is 0 Å². The molecule has 0 fully saturated rings. The van der Waals surface area contributed by atoms with E-state index in [1.165, 1.54) is 6.07 Å². The SMILES string of the molecule is N#Cc1cccn(Cc2ccc(I)cc2)c1=O. The van der Waals surface area contributed by atoms with E-state index in [2.05, 4.69) is 22.6 Å². The first-order valence-electron chi connectivity index (χ1n) is 5.05. The molecule has 2 rings (SSSR count). The van der Waals surface area contributed by atoms with Crippen LogP contribution in [0.3, 0.4) is 0 Å². The Balaban J connectivity index is 2.34. The third kappa shape index (κ3) is 2.74. The summed E-state index contributed by atoms with van der Waals surface area (Å²) >= 11 is 2.23. The Morgan fingerprint density at radius 3 is 2.59 bits per heavy atom. The first-order chi connectivity index (χ1) is 8.20. The van der Waals surface area contributed by atoms with Crippen molar-refractivity contribution in [1.82, 2.24) is 4.57 Å². The molecule has 1 aromatic carbocycles. The first kappa shape index (κ1) is 11.9. The van der Waals surface area contributed by atoms with E-state index >= 15 is 0 Å². The van der Waals surface area contributed by atoms with Crippen molar-refractivity contribution in [3.63, 3.8) is 0 Å². The van der Waals surface area contributed by atoms with Crippen molar-refractivity contribution in [2.75, 3.05) is 0 Å². The van der Waals surface area contributed by atoms with Gasteiger partial charge >= 0.3 is 0 Å². The molecular formula is C13H9IN2O. The van der Waals surface area contributed by atoms with Gasteiger partial charge in [-0.2, -0.15) is 5.26 Å². The molecule has 0 saturated carbocycles. The summed E-state index contributed by atoms with van der Waals surface area (Å²) in [6, 6.07) is 13.1. The largest absolute Gasteiger partial charge is 0.310 e. The van der Waals surface area contributed by atoms with Crippen molar-refractivity contribution < 1.29 is 0 Å². The monoisotopic (exact) mass is 336 g/mol. The minimum Gasteiger partial charge on any atom is -0.310 e. The molecule has 0 spiro atoms. The fraction of sp³-hybridized carbons (Fsp3) is 0.0769. The summed E-state index contributed by atoms with van der Waals surface area (Å²) in [4.78, 5) is 11.8. The van der Waals surface area contributed by atoms with Crippen LogP contribution in [-0.2, 0) is 6.54 Å². The molecule has 17 heavy (non-hydrogen) atoms. The highest BCUT2D eigenvalue weighted by molar-refractivity contribution is 14.1. The predicted molar refractivity (Wildman–Crippen MR) is 73.7 cm³/mol. The zero-order valence-corrected chi connectivity index (χ0v) is 11.1. The van der Waals surface area contributed by atoms with Gasteiger partial charge in [0.2, 0.25) is 0 Å². The third-order valence-corrected chi connectivity index (χ3v) is 3.13. The second kappa shape index (κ2) is 5.15. The van der Waals surface area contributed by atoms with Gasteiger partial charge in [0.15, 0.2) is 0 Å². The van der Waals surface area contributed by atoms with Gasteiger partial charge in [-0.3, -0.25) is 4.79 Å². The molecule has 0 amide bonds. The summed E-state index contributed by atoms with van der Waals surface area (Å²) in [6.45, 7) is 0.491. The van der Waals surface area contributed by atoms with Crippen LogP contribution in [0.25, 0.3) is 0 Å². The fourth-order valence-corrected chi connectivity index (χ4v) is 1.89. The zero-order valence-electron chi connectivity index (χ0n) is 8.93. The molecule has 0 N–H and O–H groups in total. The van der Waals surface area contributed by atoms with E-state index in [0.29, 0.717) is 6.54 Å². The van der Waals surface area contributed by atoms with E-state index in [9.17, 15) is 4.79 Å². The Morgan fingerprint density at radius 2 is 1.94 bits per heavy atom. The highest BCUT2D eigenvalue weighted by Crippen LogP contribution is 2.07. The molecule has 0 aliphatic heterocycles. The number of hydrogen-bond acceptors (Lipinski definition) is 2. The number of aromatic nitrogens is 1. The summed E-state index contributed by atoms with van der Waals surface area (Å²) in [5.41, 5.74) is 0.981. The third-order valence-electron chi connectivity index (χ3n) is 2.41. The summed E-state index contributed by atoms with van der Waals surface area (Å²) in [7, 11) is 0. The maximum absolute atomic E-state index is 11.8. The van der Waals surface area contributed by atoms with E-state index in [1.54, 1.807) is 16.8 Å². The maximum Gasteiger partial charge on any atom is 0.268 e. The molecule has 1 heterocycles. The molecule has 0 aliphatic rings. The van der Waals surface area contributed by atoms with E-state index in [-0.39, 0.29) is 11.1 Å². The van der Waals surface area contributed by atoms with Gasteiger partial charge in [0.05, 0.1) is 6.54 Å². The molecule has 0 radical (unpaired) electrons. The highest BCUT2D eigenvalue weighted by atomic mass is 127. The fourth-order valence-electron chi connectivity index (χ4n) is 1.53. The lowest BCUT2D eigenvalue weighted by Crippen LogP contribution is -2.22. The maximum atomic E-state index is 11.8. The standard InChI is InChI=1S/C13H9IN2O/c14-12-5-3-10(4-6-12)9-16-7-1-2-11(8-15)13(16)17/h1-7H,9H2. The van der Waals surface area contributed by atoms with E-state index in [1.807, 2.05) is 30.3 Å². The van der Waals surface area contributed by atoms with Gasteiger partial charge in [0, 0.05) is 9.77 Å². The topological polar surface area (TPSA) is 45.8 Å². The molecule has 0 aliphatic carbocycles. The molecule has 0 bridgehead atoms. The Labute approximate surface area is 112 Å². The first-order valence-corrected chi connectivity index (χ1v) is 6.12. The van der Waals surface area contributed by atoms with Crippen LogP contribution in [-0.4, -0.2) is 4.57 Å². The van der Waals surface area contributed by atoms with Crippen molar-refractivity contribution in [2.24, 2.45) is 0 Å². The average molecular weight is 336 g/mol. The van der Waals surface area contributed by atoms with Crippen LogP contribution in [0.2, 0.25) is 0 Å². The minimum atomic E-state index is -0.242. The van der Waals surface area contributed by atoms with Crippen molar-refractivity contribution in [3.05, 3.63) is 67.6 Å². The molecule has 3 nitrogen and oxygen atoms in total. The smallest absolute Gasteiger partial charge is 0.268 e. The zero-order chi connectivity index (χ0) is 12.3. The molecule has 0 unspecified atom stereocenters. The van der Waals surface area contributed by atoms with E-state index < -0.39 is 0 Å². The molecular weight excluding hydrogens is 327 g/mol. The number of nitriles is 1. The quantitative estimate of drug-likeness (QED) is 0.791. The van der Waals surface area contributed by atoms with Crippen LogP contribution >= 0.6 is 22.6 Å². The van der Waals surface area contributed by atoms with Gasteiger partial charge in [0.25, 0.3) is 5.56 Å². The van der Waals surface area contributed by atoms with Crippen molar-refractivity contribution in [3.8, 4) is 6.07 Å². The number of benzene rings is 1. The van der Waals surface area contributed by atoms with Crippen molar-refractivity contribution in [1.29, 1.82) is 5.26 Å². The second-order valence-corrected chi connectivity index (χ2v) is 4.84. The Kier molecular flexibility index (Phi) is 3.59. The van der Waals surface area contributed by atoms with Crippen molar-refractivity contribution >= 4 is 22.6 Å². The highest BCUT2D eigenvalue weighted by Gasteiger charge is 2.02. The lowest BCUT2D eigenvalue weighted by Gasteiger charge is -2.05. The molecule has 2 aromatic rings. The van der Waals surface area contributed by atoms with Gasteiger partial charge in [-0.25, -0.2) is 0 Å². The number of hydrogen-bond donors (Lipinski definition) is 0. The summed E-state index contributed by atoms with van der Waals surface area (Å²) in [6.07, 6.45) is 1.70. The predicted octanol–water partition coefficient (Wildman–Crippen LogP) is 2.37. The van der Waals surface area contributed by atoms with Gasteiger partial charge < -0.3 is 4.57 Å². The lowest BCUT2D eigenvalue weighted by atomic mass is 10.2.